The molecule has 33 heavy (non-hydrogen) atoms. The molecule has 0 saturated carbocycles. The van der Waals surface area contributed by atoms with Crippen LogP contribution >= 0.6 is 15.9 Å². The number of amides is 2. The SMILES string of the molecule is Cc1cc(NS(=O)(=O)c2cc(Br)ccc2O)c(O)c(C(=O)NC(C(N)=O)c2ccccn2)c1. The Balaban J connectivity index is 1.96. The van der Waals surface area contributed by atoms with Gasteiger partial charge in [0.15, 0.2) is 11.8 Å². The minimum Gasteiger partial charge on any atom is -0.507 e. The average molecular weight is 535 g/mol. The van der Waals surface area contributed by atoms with Gasteiger partial charge in [-0.1, -0.05) is 22.0 Å². The quantitative estimate of drug-likeness (QED) is 0.289. The zero-order valence-electron chi connectivity index (χ0n) is 17.1. The van der Waals surface area contributed by atoms with Crippen LogP contribution in [0.4, 0.5) is 5.69 Å². The maximum atomic E-state index is 12.9. The van der Waals surface area contributed by atoms with Crippen molar-refractivity contribution in [3.05, 3.63) is 76.0 Å². The number of phenols is 2. The fourth-order valence-corrected chi connectivity index (χ4v) is 4.67. The highest BCUT2D eigenvalue weighted by molar-refractivity contribution is 9.10. The van der Waals surface area contributed by atoms with Crippen LogP contribution < -0.4 is 15.8 Å². The molecule has 0 aliphatic carbocycles. The summed E-state index contributed by atoms with van der Waals surface area (Å²) in [5, 5.41) is 23.0. The number of nitrogens with two attached hydrogens (primary N) is 1. The second-order valence-corrected chi connectivity index (χ2v) is 9.56. The van der Waals surface area contributed by atoms with Crippen LogP contribution in [0.3, 0.4) is 0 Å². The molecule has 1 atom stereocenters. The number of carbonyl (C=O) groups excluding carboxylic acids is 2. The van der Waals surface area contributed by atoms with Gasteiger partial charge in [0.05, 0.1) is 16.9 Å². The van der Waals surface area contributed by atoms with Gasteiger partial charge >= 0.3 is 0 Å². The molecule has 0 spiro atoms. The number of anilines is 1. The number of aromatic hydroxyl groups is 2. The lowest BCUT2D eigenvalue weighted by Gasteiger charge is -2.17. The van der Waals surface area contributed by atoms with Crippen molar-refractivity contribution >= 4 is 43.5 Å². The van der Waals surface area contributed by atoms with E-state index in [0.717, 1.165) is 0 Å². The zero-order valence-corrected chi connectivity index (χ0v) is 19.5. The largest absolute Gasteiger partial charge is 0.507 e. The van der Waals surface area contributed by atoms with E-state index in [4.69, 9.17) is 5.73 Å². The maximum Gasteiger partial charge on any atom is 0.265 e. The van der Waals surface area contributed by atoms with Crippen molar-refractivity contribution in [3.8, 4) is 11.5 Å². The molecule has 0 bridgehead atoms. The molecule has 0 radical (unpaired) electrons. The van der Waals surface area contributed by atoms with Gasteiger partial charge in [-0.05, 0) is 55.0 Å². The highest BCUT2D eigenvalue weighted by atomic mass is 79.9. The predicted molar refractivity (Wildman–Crippen MR) is 123 cm³/mol. The molecule has 1 heterocycles. The first-order chi connectivity index (χ1) is 15.5. The van der Waals surface area contributed by atoms with E-state index < -0.39 is 44.3 Å². The van der Waals surface area contributed by atoms with Gasteiger partial charge in [0.1, 0.15) is 10.6 Å². The number of rotatable bonds is 7. The fraction of sp³-hybridized carbons (Fsp3) is 0.0952. The molecule has 0 aliphatic heterocycles. The van der Waals surface area contributed by atoms with Crippen LogP contribution in [0.5, 0.6) is 11.5 Å². The predicted octanol–water partition coefficient (Wildman–Crippen LogP) is 2.32. The van der Waals surface area contributed by atoms with Gasteiger partial charge in [-0.25, -0.2) is 8.42 Å². The lowest BCUT2D eigenvalue weighted by atomic mass is 10.1. The Morgan fingerprint density at radius 2 is 1.85 bits per heavy atom. The summed E-state index contributed by atoms with van der Waals surface area (Å²) in [7, 11) is -4.33. The minimum atomic E-state index is -4.33. The number of hydrogen-bond acceptors (Lipinski definition) is 7. The number of pyridine rings is 1. The summed E-state index contributed by atoms with van der Waals surface area (Å²) in [4.78, 5) is 28.3. The maximum absolute atomic E-state index is 12.9. The van der Waals surface area contributed by atoms with Crippen molar-refractivity contribution in [1.82, 2.24) is 10.3 Å². The molecule has 0 aliphatic rings. The summed E-state index contributed by atoms with van der Waals surface area (Å²) in [6.07, 6.45) is 1.42. The smallest absolute Gasteiger partial charge is 0.265 e. The number of halogens is 1. The van der Waals surface area contributed by atoms with E-state index >= 15 is 0 Å². The number of primary amides is 1. The van der Waals surface area contributed by atoms with Gasteiger partial charge in [0.2, 0.25) is 5.91 Å². The average Bonchev–Trinajstić information content (AvgIpc) is 2.76. The Morgan fingerprint density at radius 1 is 1.12 bits per heavy atom. The molecule has 3 rings (SSSR count). The van der Waals surface area contributed by atoms with E-state index in [2.05, 4.69) is 31.0 Å². The van der Waals surface area contributed by atoms with Crippen LogP contribution in [0.1, 0.15) is 27.7 Å². The van der Waals surface area contributed by atoms with Crippen LogP contribution in [0, 0.1) is 6.92 Å². The van der Waals surface area contributed by atoms with E-state index in [9.17, 15) is 28.2 Å². The number of carbonyl (C=O) groups is 2. The molecule has 0 fully saturated rings. The minimum absolute atomic E-state index is 0.191. The molecule has 2 amide bonds. The summed E-state index contributed by atoms with van der Waals surface area (Å²) in [5.74, 6) is -2.94. The lowest BCUT2D eigenvalue weighted by Crippen LogP contribution is -2.38. The van der Waals surface area contributed by atoms with Crippen LogP contribution in [-0.2, 0) is 14.8 Å². The molecular formula is C21H19BrN4O6S. The fourth-order valence-electron chi connectivity index (χ4n) is 2.98. The molecule has 12 heteroatoms. The number of phenolic OH excluding ortho intramolecular Hbond substituents is 2. The summed E-state index contributed by atoms with van der Waals surface area (Å²) in [6.45, 7) is 1.58. The third-order valence-electron chi connectivity index (χ3n) is 4.50. The van der Waals surface area contributed by atoms with Crippen molar-refractivity contribution < 1.29 is 28.2 Å². The monoisotopic (exact) mass is 534 g/mol. The van der Waals surface area contributed by atoms with E-state index in [0.29, 0.717) is 10.0 Å². The highest BCUT2D eigenvalue weighted by Crippen LogP contribution is 2.34. The molecule has 6 N–H and O–H groups in total. The Labute approximate surface area is 197 Å². The second kappa shape index (κ2) is 9.46. The van der Waals surface area contributed by atoms with Crippen molar-refractivity contribution in [2.24, 2.45) is 5.73 Å². The van der Waals surface area contributed by atoms with Crippen LogP contribution in [-0.4, -0.2) is 35.4 Å². The number of hydrogen-bond donors (Lipinski definition) is 5. The van der Waals surface area contributed by atoms with Gasteiger partial charge in [0.25, 0.3) is 15.9 Å². The molecule has 10 nitrogen and oxygen atoms in total. The Hall–Kier alpha value is -3.64. The first-order valence-electron chi connectivity index (χ1n) is 9.35. The number of nitrogens with one attached hydrogen (secondary N) is 2. The Kier molecular flexibility index (Phi) is 6.89. The van der Waals surface area contributed by atoms with Crippen molar-refractivity contribution in [2.45, 2.75) is 17.9 Å². The Morgan fingerprint density at radius 3 is 2.48 bits per heavy atom. The van der Waals surface area contributed by atoms with Gasteiger partial charge < -0.3 is 21.3 Å². The number of benzene rings is 2. The lowest BCUT2D eigenvalue weighted by molar-refractivity contribution is -0.120. The molecule has 1 unspecified atom stereocenters. The molecule has 3 aromatic rings. The highest BCUT2D eigenvalue weighted by Gasteiger charge is 2.26. The summed E-state index contributed by atoms with van der Waals surface area (Å²) in [5.41, 5.74) is 5.42. The van der Waals surface area contributed by atoms with Crippen molar-refractivity contribution in [3.63, 3.8) is 0 Å². The van der Waals surface area contributed by atoms with E-state index in [-0.39, 0.29) is 16.9 Å². The van der Waals surface area contributed by atoms with E-state index in [1.54, 1.807) is 19.1 Å². The van der Waals surface area contributed by atoms with E-state index in [1.807, 2.05) is 0 Å². The second-order valence-electron chi connectivity index (χ2n) is 6.99. The molecule has 2 aromatic carbocycles. The molecular weight excluding hydrogens is 516 g/mol. The summed E-state index contributed by atoms with van der Waals surface area (Å²) in [6, 6.07) is 9.90. The third kappa shape index (κ3) is 5.41. The molecule has 172 valence electrons. The normalized spacial score (nSPS) is 12.1. The van der Waals surface area contributed by atoms with Crippen molar-refractivity contribution in [1.29, 1.82) is 0 Å². The molecule has 1 aromatic heterocycles. The first-order valence-corrected chi connectivity index (χ1v) is 11.6. The van der Waals surface area contributed by atoms with Crippen LogP contribution in [0.25, 0.3) is 0 Å². The number of nitrogens with zero attached hydrogens (tertiary/aromatic N) is 1. The molecule has 0 saturated heterocycles. The summed E-state index contributed by atoms with van der Waals surface area (Å²) >= 11 is 3.14. The first kappa shape index (κ1) is 24.0. The van der Waals surface area contributed by atoms with Gasteiger partial charge in [-0.15, -0.1) is 0 Å². The Bertz CT molecular complexity index is 1330. The number of aryl methyl sites for hydroxylation is 1. The third-order valence-corrected chi connectivity index (χ3v) is 6.39. The van der Waals surface area contributed by atoms with Crippen molar-refractivity contribution in [2.75, 3.05) is 4.72 Å². The van der Waals surface area contributed by atoms with Crippen LogP contribution in [0.2, 0.25) is 0 Å². The van der Waals surface area contributed by atoms with E-state index in [1.165, 1.54) is 42.6 Å². The van der Waals surface area contributed by atoms with Gasteiger partial charge in [-0.3, -0.25) is 19.3 Å². The van der Waals surface area contributed by atoms with Crippen LogP contribution in [0.15, 0.2) is 64.1 Å². The number of aromatic nitrogens is 1. The number of sulfonamides is 1. The zero-order chi connectivity index (χ0) is 24.3. The topological polar surface area (TPSA) is 172 Å². The van der Waals surface area contributed by atoms with Gasteiger partial charge in [-0.2, -0.15) is 0 Å². The standard InChI is InChI=1S/C21H19BrN4O6S/c1-11-8-13(21(30)25-18(20(23)29)14-4-2-3-7-24-14)19(28)15(9-11)26-33(31,32)17-10-12(22)5-6-16(17)27/h2-10,18,26-28H,1H3,(H2,23,29)(H,25,30). The van der Waals surface area contributed by atoms with Gasteiger partial charge in [0, 0.05) is 10.7 Å². The summed E-state index contributed by atoms with van der Waals surface area (Å²) < 4.78 is 28.2.